The monoisotopic (exact) mass is 874 g/mol. The number of nitriles is 2. The highest BCUT2D eigenvalue weighted by molar-refractivity contribution is 5.99. The molecule has 0 saturated heterocycles. The Kier molecular flexibility index (Phi) is 21.6. The molecule has 2 rings (SSSR count). The third-order valence-corrected chi connectivity index (χ3v) is 9.02. The minimum atomic E-state index is -4.81. The molecule has 0 aliphatic carbocycles. The number of unbranched alkanes of at least 4 members (excludes halogenated alkanes) is 5. The molecule has 0 unspecified atom stereocenters. The van der Waals surface area contributed by atoms with Crippen LogP contribution >= 0.6 is 0 Å². The zero-order valence-electron chi connectivity index (χ0n) is 34.4. The Bertz CT molecular complexity index is 1890. The number of ether oxygens (including phenoxy) is 4. The maximum absolute atomic E-state index is 14.2. The summed E-state index contributed by atoms with van der Waals surface area (Å²) in [6.07, 6.45) is -1.75. The second-order valence-electron chi connectivity index (χ2n) is 13.2. The van der Waals surface area contributed by atoms with E-state index in [0.29, 0.717) is 50.4 Å². The molecule has 2 aromatic rings. The number of halogens is 6. The van der Waals surface area contributed by atoms with E-state index in [1.165, 1.54) is 24.3 Å². The number of benzene rings is 2. The van der Waals surface area contributed by atoms with E-state index in [0.717, 1.165) is 62.1 Å². The Morgan fingerprint density at radius 1 is 0.597 bits per heavy atom. The summed E-state index contributed by atoms with van der Waals surface area (Å²) in [5.74, 6) is -3.90. The molecule has 2 aromatic carbocycles. The van der Waals surface area contributed by atoms with E-state index in [-0.39, 0.29) is 13.2 Å². The van der Waals surface area contributed by atoms with Crippen LogP contribution in [0, 0.1) is 22.7 Å². The van der Waals surface area contributed by atoms with Crippen molar-refractivity contribution in [3.63, 3.8) is 0 Å². The quantitative estimate of drug-likeness (QED) is 0.0234. The van der Waals surface area contributed by atoms with E-state index in [4.69, 9.17) is 9.47 Å². The maximum Gasteiger partial charge on any atom is 0.417 e. The van der Waals surface area contributed by atoms with Crippen LogP contribution in [-0.2, 0) is 50.5 Å². The highest BCUT2D eigenvalue weighted by atomic mass is 19.4. The third kappa shape index (κ3) is 17.2. The van der Waals surface area contributed by atoms with Gasteiger partial charge >= 0.3 is 36.2 Å². The molecule has 0 radical (unpaired) electrons. The average Bonchev–Trinajstić information content (AvgIpc) is 3.24. The van der Waals surface area contributed by atoms with Gasteiger partial charge in [-0.15, -0.1) is 0 Å². The normalized spacial score (nSPS) is 11.7. The largest absolute Gasteiger partial charge is 0.459 e. The van der Waals surface area contributed by atoms with E-state index in [1.54, 1.807) is 35.8 Å². The fraction of sp³-hybridized carbons (Fsp3) is 0.409. The number of carbonyl (C=O) groups is 4. The Morgan fingerprint density at radius 2 is 0.935 bits per heavy atom. The lowest BCUT2D eigenvalue weighted by atomic mass is 10.0. The number of esters is 4. The molecular formula is C44H48F6N4O8. The summed E-state index contributed by atoms with van der Waals surface area (Å²) in [5.41, 5.74) is -3.67. The Balaban J connectivity index is 1.98. The molecule has 12 nitrogen and oxygen atoms in total. The summed E-state index contributed by atoms with van der Waals surface area (Å²) in [6.45, 7) is 10.2. The van der Waals surface area contributed by atoms with Gasteiger partial charge in [0.25, 0.3) is 0 Å². The fourth-order valence-corrected chi connectivity index (χ4v) is 5.89. The first-order valence-corrected chi connectivity index (χ1v) is 19.5. The van der Waals surface area contributed by atoms with Gasteiger partial charge in [-0.3, -0.25) is 0 Å². The molecule has 0 amide bonds. The van der Waals surface area contributed by atoms with Crippen LogP contribution in [0.1, 0.15) is 74.6 Å². The summed E-state index contributed by atoms with van der Waals surface area (Å²) in [6, 6.07) is 10.3. The lowest BCUT2D eigenvalue weighted by Crippen LogP contribution is -2.25. The number of carbonyl (C=O) groups excluding carboxylic acids is 4. The van der Waals surface area contributed by atoms with Crippen molar-refractivity contribution in [2.75, 3.05) is 62.4 Å². The highest BCUT2D eigenvalue weighted by Gasteiger charge is 2.35. The molecule has 0 aliphatic heterocycles. The maximum atomic E-state index is 14.2. The van der Waals surface area contributed by atoms with Crippen LogP contribution in [0.5, 0.6) is 0 Å². The average molecular weight is 875 g/mol. The predicted molar refractivity (Wildman–Crippen MR) is 218 cm³/mol. The Morgan fingerprint density at radius 3 is 1.24 bits per heavy atom. The molecule has 62 heavy (non-hydrogen) atoms. The highest BCUT2D eigenvalue weighted by Crippen LogP contribution is 2.37. The minimum Gasteiger partial charge on any atom is -0.459 e. The van der Waals surface area contributed by atoms with Crippen LogP contribution in [0.15, 0.2) is 72.9 Å². The topological polar surface area (TPSA) is 159 Å². The summed E-state index contributed by atoms with van der Waals surface area (Å²) in [5, 5.41) is 18.9. The van der Waals surface area contributed by atoms with Gasteiger partial charge in [-0.2, -0.15) is 36.9 Å². The molecule has 0 spiro atoms. The number of rotatable bonds is 25. The lowest BCUT2D eigenvalue weighted by molar-refractivity contribution is -0.146. The van der Waals surface area contributed by atoms with Gasteiger partial charge in [0, 0.05) is 49.7 Å². The first kappa shape index (κ1) is 51.6. The zero-order chi connectivity index (χ0) is 46.3. The van der Waals surface area contributed by atoms with Crippen molar-refractivity contribution < 1.29 is 64.5 Å². The lowest BCUT2D eigenvalue weighted by Gasteiger charge is -2.25. The van der Waals surface area contributed by atoms with E-state index in [9.17, 15) is 56.0 Å². The van der Waals surface area contributed by atoms with Crippen molar-refractivity contribution in [1.29, 1.82) is 10.5 Å². The number of hydrogen-bond acceptors (Lipinski definition) is 12. The molecular weight excluding hydrogens is 826 g/mol. The molecule has 0 saturated carbocycles. The Labute approximate surface area is 356 Å². The van der Waals surface area contributed by atoms with Gasteiger partial charge in [0.1, 0.15) is 49.7 Å². The molecule has 0 fully saturated rings. The number of alkyl halides is 6. The van der Waals surface area contributed by atoms with Crippen molar-refractivity contribution in [2.45, 2.75) is 64.7 Å². The third-order valence-electron chi connectivity index (χ3n) is 9.02. The van der Waals surface area contributed by atoms with Crippen molar-refractivity contribution >= 4 is 47.4 Å². The second kappa shape index (κ2) is 25.9. The summed E-state index contributed by atoms with van der Waals surface area (Å²) in [7, 11) is 0. The van der Waals surface area contributed by atoms with E-state index >= 15 is 0 Å². The second-order valence-corrected chi connectivity index (χ2v) is 13.2. The molecule has 0 bridgehead atoms. The number of hydrogen-bond donors (Lipinski definition) is 0. The molecule has 0 atom stereocenters. The first-order chi connectivity index (χ1) is 29.4. The van der Waals surface area contributed by atoms with Gasteiger partial charge in [0.05, 0.1) is 11.1 Å². The SMILES string of the molecule is C=CC(=O)OCCOC(=O)/C(C#N)=C/c1ccc(N(CC)CCCCCCCCN(CC)c2ccc(/C=C(\C#N)C(=O)OCCOC(=O)C=C)c(C(F)(F)F)c2)cc1C(F)(F)F. The van der Waals surface area contributed by atoms with Crippen LogP contribution in [0.2, 0.25) is 0 Å². The molecule has 0 aromatic heterocycles. The predicted octanol–water partition coefficient (Wildman–Crippen LogP) is 8.78. The molecule has 334 valence electrons. The molecule has 0 aliphatic rings. The number of anilines is 2. The standard InChI is InChI=1S/C44H48F6N4O8/c1-5-39(55)59-21-23-61-41(57)33(29-51)25-31-15-17-35(27-37(31)43(45,46)47)53(7-3)19-13-11-9-10-12-14-20-54(8-4)36-18-16-32(38(28-36)44(48,49)50)26-34(30-52)42(58)62-24-22-60-40(56)6-2/h5-6,15-18,25-28H,1-2,7-14,19-24H2,3-4H3/b33-25+,34-26+. The smallest absolute Gasteiger partial charge is 0.417 e. The van der Waals surface area contributed by atoms with Crippen LogP contribution in [0.25, 0.3) is 12.2 Å². The first-order valence-electron chi connectivity index (χ1n) is 19.5. The van der Waals surface area contributed by atoms with Gasteiger partial charge in [0.2, 0.25) is 0 Å². The fourth-order valence-electron chi connectivity index (χ4n) is 5.89. The summed E-state index contributed by atoms with van der Waals surface area (Å²) >= 11 is 0. The van der Waals surface area contributed by atoms with Crippen LogP contribution in [-0.4, -0.2) is 76.5 Å². The number of nitrogens with zero attached hydrogens (tertiary/aromatic N) is 4. The molecule has 0 N–H and O–H groups in total. The van der Waals surface area contributed by atoms with Crippen LogP contribution in [0.4, 0.5) is 37.7 Å². The van der Waals surface area contributed by atoms with Gasteiger partial charge in [0.15, 0.2) is 0 Å². The van der Waals surface area contributed by atoms with E-state index in [1.807, 2.05) is 0 Å². The minimum absolute atomic E-state index is 0.299. The Hall–Kier alpha value is -6.56. The van der Waals surface area contributed by atoms with Gasteiger partial charge in [-0.1, -0.05) is 51.0 Å². The van der Waals surface area contributed by atoms with Gasteiger partial charge in [-0.05, 0) is 74.2 Å². The summed E-state index contributed by atoms with van der Waals surface area (Å²) < 4.78 is 104. The summed E-state index contributed by atoms with van der Waals surface area (Å²) in [4.78, 5) is 50.4. The van der Waals surface area contributed by atoms with Crippen molar-refractivity contribution in [3.8, 4) is 12.1 Å². The van der Waals surface area contributed by atoms with Gasteiger partial charge < -0.3 is 28.7 Å². The van der Waals surface area contributed by atoms with Crippen LogP contribution < -0.4 is 9.80 Å². The zero-order valence-corrected chi connectivity index (χ0v) is 34.4. The van der Waals surface area contributed by atoms with Crippen LogP contribution in [0.3, 0.4) is 0 Å². The van der Waals surface area contributed by atoms with E-state index < -0.39 is 82.8 Å². The van der Waals surface area contributed by atoms with Crippen molar-refractivity contribution in [2.24, 2.45) is 0 Å². The van der Waals surface area contributed by atoms with Crippen molar-refractivity contribution in [3.05, 3.63) is 95.1 Å². The van der Waals surface area contributed by atoms with E-state index in [2.05, 4.69) is 22.6 Å². The van der Waals surface area contributed by atoms with Gasteiger partial charge in [-0.25, -0.2) is 19.2 Å². The van der Waals surface area contributed by atoms with Crippen molar-refractivity contribution in [1.82, 2.24) is 0 Å². The molecule has 0 heterocycles. The molecule has 18 heteroatoms.